The maximum Gasteiger partial charge on any atom is 0.336 e. The highest BCUT2D eigenvalue weighted by molar-refractivity contribution is 6.31. The number of carbonyl (C=O) groups excluding carboxylic acids is 3. The Morgan fingerprint density at radius 3 is 2.21 bits per heavy atom. The molecule has 1 aliphatic rings. The summed E-state index contributed by atoms with van der Waals surface area (Å²) >= 11 is 6.51. The van der Waals surface area contributed by atoms with E-state index >= 15 is 0 Å². The molecule has 2 rings (SSSR count). The summed E-state index contributed by atoms with van der Waals surface area (Å²) in [6.45, 7) is 12.8. The van der Waals surface area contributed by atoms with Crippen LogP contribution in [0.1, 0.15) is 66.4 Å². The van der Waals surface area contributed by atoms with E-state index in [0.29, 0.717) is 28.4 Å². The van der Waals surface area contributed by atoms with E-state index in [1.54, 1.807) is 58.9 Å². The van der Waals surface area contributed by atoms with Gasteiger partial charge in [-0.05, 0) is 58.6 Å². The Labute approximate surface area is 206 Å². The van der Waals surface area contributed by atoms with Gasteiger partial charge in [-0.15, -0.1) is 0 Å². The van der Waals surface area contributed by atoms with Crippen LogP contribution in [0.2, 0.25) is 5.02 Å². The average molecular weight is 491 g/mol. The number of nitrogens with one attached hydrogen (secondary N) is 2. The first-order valence-corrected chi connectivity index (χ1v) is 11.7. The number of hydrogen-bond donors (Lipinski definition) is 2. The molecule has 0 aliphatic carbocycles. The van der Waals surface area contributed by atoms with Crippen LogP contribution in [-0.2, 0) is 23.9 Å². The third-order valence-corrected chi connectivity index (χ3v) is 5.67. The smallest absolute Gasteiger partial charge is 0.336 e. The van der Waals surface area contributed by atoms with E-state index in [1.807, 2.05) is 13.8 Å². The fraction of sp³-hybridized carbons (Fsp3) is 0.500. The Hall–Kier alpha value is -2.80. The number of ether oxygens (including phenoxy) is 2. The van der Waals surface area contributed by atoms with Crippen LogP contribution in [-0.4, -0.2) is 36.6 Å². The Morgan fingerprint density at radius 2 is 1.68 bits per heavy atom. The van der Waals surface area contributed by atoms with Crippen LogP contribution in [0.5, 0.6) is 0 Å². The van der Waals surface area contributed by atoms with Crippen LogP contribution in [0, 0.1) is 5.92 Å². The van der Waals surface area contributed by atoms with Crippen molar-refractivity contribution in [3.63, 3.8) is 0 Å². The van der Waals surface area contributed by atoms with Crippen molar-refractivity contribution in [2.24, 2.45) is 5.92 Å². The number of carbonyl (C=O) groups is 3. The first-order valence-electron chi connectivity index (χ1n) is 11.3. The van der Waals surface area contributed by atoms with Crippen LogP contribution >= 0.6 is 11.6 Å². The third kappa shape index (κ3) is 6.63. The molecule has 1 aromatic carbocycles. The highest BCUT2D eigenvalue weighted by atomic mass is 35.5. The van der Waals surface area contributed by atoms with Gasteiger partial charge in [0.05, 0.1) is 18.6 Å². The molecular weight excluding hydrogens is 456 g/mol. The molecule has 0 aromatic heterocycles. The van der Waals surface area contributed by atoms with Gasteiger partial charge in [-0.2, -0.15) is 0 Å². The number of methoxy groups -OCH3 is 1. The second-order valence-electron chi connectivity index (χ2n) is 9.84. The predicted octanol–water partition coefficient (Wildman–Crippen LogP) is 4.62. The van der Waals surface area contributed by atoms with Crippen molar-refractivity contribution >= 4 is 29.4 Å². The predicted molar refractivity (Wildman–Crippen MR) is 132 cm³/mol. The molecule has 8 heteroatoms. The molecule has 1 unspecified atom stereocenters. The van der Waals surface area contributed by atoms with Crippen molar-refractivity contribution in [2.75, 3.05) is 7.11 Å². The van der Waals surface area contributed by atoms with Gasteiger partial charge in [-0.1, -0.05) is 43.6 Å². The van der Waals surface area contributed by atoms with Gasteiger partial charge in [-0.3, -0.25) is 4.79 Å². The van der Waals surface area contributed by atoms with Gasteiger partial charge in [0, 0.05) is 22.0 Å². The number of esters is 2. The minimum absolute atomic E-state index is 0.129. The molecule has 1 heterocycles. The number of allylic oxidation sites excluding steroid dienone is 2. The minimum Gasteiger partial charge on any atom is -0.466 e. The summed E-state index contributed by atoms with van der Waals surface area (Å²) in [5.41, 5.74) is 1.58. The zero-order valence-electron chi connectivity index (χ0n) is 21.2. The van der Waals surface area contributed by atoms with Gasteiger partial charge < -0.3 is 20.1 Å². The molecule has 1 amide bonds. The van der Waals surface area contributed by atoms with E-state index in [1.165, 1.54) is 7.11 Å². The molecule has 0 fully saturated rings. The van der Waals surface area contributed by atoms with Crippen molar-refractivity contribution in [3.05, 3.63) is 57.4 Å². The first-order chi connectivity index (χ1) is 15.8. The monoisotopic (exact) mass is 490 g/mol. The molecule has 34 heavy (non-hydrogen) atoms. The Bertz CT molecular complexity index is 1020. The van der Waals surface area contributed by atoms with E-state index in [0.717, 1.165) is 0 Å². The van der Waals surface area contributed by atoms with Crippen LogP contribution < -0.4 is 10.6 Å². The van der Waals surface area contributed by atoms with Gasteiger partial charge in [0.25, 0.3) is 5.91 Å². The zero-order valence-corrected chi connectivity index (χ0v) is 21.9. The maximum atomic E-state index is 13.7. The molecule has 1 aromatic rings. The van der Waals surface area contributed by atoms with Crippen LogP contribution in [0.3, 0.4) is 0 Å². The van der Waals surface area contributed by atoms with Crippen molar-refractivity contribution in [1.82, 2.24) is 10.6 Å². The lowest BCUT2D eigenvalue weighted by Gasteiger charge is -2.32. The lowest BCUT2D eigenvalue weighted by molar-refractivity contribution is -0.159. The Kier molecular flexibility index (Phi) is 8.95. The Balaban J connectivity index is 2.55. The van der Waals surface area contributed by atoms with Crippen LogP contribution in [0.15, 0.2) is 46.8 Å². The second kappa shape index (κ2) is 11.1. The minimum atomic E-state index is -0.854. The molecule has 7 nitrogen and oxygen atoms in total. The molecule has 1 aliphatic heterocycles. The lowest BCUT2D eigenvalue weighted by atomic mass is 9.80. The molecule has 2 atom stereocenters. The number of amides is 1. The highest BCUT2D eigenvalue weighted by Crippen LogP contribution is 2.41. The van der Waals surface area contributed by atoms with Gasteiger partial charge in [-0.25, -0.2) is 9.59 Å². The molecule has 0 bridgehead atoms. The topological polar surface area (TPSA) is 93.7 Å². The van der Waals surface area contributed by atoms with Crippen molar-refractivity contribution in [2.45, 2.75) is 72.4 Å². The van der Waals surface area contributed by atoms with E-state index in [2.05, 4.69) is 10.6 Å². The summed E-state index contributed by atoms with van der Waals surface area (Å²) in [5.74, 6) is -2.21. The maximum absolute atomic E-state index is 13.7. The third-order valence-electron chi connectivity index (χ3n) is 5.33. The van der Waals surface area contributed by atoms with E-state index in [9.17, 15) is 14.4 Å². The zero-order chi connectivity index (χ0) is 25.8. The number of halogens is 1. The van der Waals surface area contributed by atoms with Crippen molar-refractivity contribution in [3.8, 4) is 0 Å². The summed E-state index contributed by atoms with van der Waals surface area (Å²) in [6, 6.07) is 6.19. The molecule has 0 spiro atoms. The highest BCUT2D eigenvalue weighted by Gasteiger charge is 2.39. The molecular formula is C26H35ClN2O5. The van der Waals surface area contributed by atoms with Crippen LogP contribution in [0.4, 0.5) is 0 Å². The number of hydrogen-bond acceptors (Lipinski definition) is 6. The summed E-state index contributed by atoms with van der Waals surface area (Å²) < 4.78 is 10.6. The van der Waals surface area contributed by atoms with Crippen molar-refractivity contribution < 1.29 is 23.9 Å². The molecule has 0 saturated heterocycles. The number of rotatable bonds is 7. The van der Waals surface area contributed by atoms with Gasteiger partial charge >= 0.3 is 11.9 Å². The second-order valence-corrected chi connectivity index (χ2v) is 10.2. The average Bonchev–Trinajstić information content (AvgIpc) is 2.71. The van der Waals surface area contributed by atoms with E-state index < -0.39 is 35.4 Å². The number of dihydropyridines is 1. The lowest BCUT2D eigenvalue weighted by Crippen LogP contribution is -2.47. The quantitative estimate of drug-likeness (QED) is 0.541. The van der Waals surface area contributed by atoms with Crippen LogP contribution in [0.25, 0.3) is 0 Å². The standard InChI is InChI=1S/C26H35ClN2O5/c1-14(2)13-19(24(31)34-26(5,6)7)29-23(30)20-15(3)28-16(4)21(25(32)33-8)22(20)17-11-9-10-12-18(17)27/h9-12,14,19,22,28H,13H2,1-8H3,(H,29,30)/t19-,22?/m0/s1. The summed E-state index contributed by atoms with van der Waals surface area (Å²) in [6.07, 6.45) is 0.399. The Morgan fingerprint density at radius 1 is 1.09 bits per heavy atom. The molecule has 0 radical (unpaired) electrons. The molecule has 186 valence electrons. The van der Waals surface area contributed by atoms with Gasteiger partial charge in [0.15, 0.2) is 0 Å². The first kappa shape index (κ1) is 27.4. The van der Waals surface area contributed by atoms with Gasteiger partial charge in [0.2, 0.25) is 0 Å². The molecule has 0 saturated carbocycles. The largest absolute Gasteiger partial charge is 0.466 e. The summed E-state index contributed by atoms with van der Waals surface area (Å²) in [7, 11) is 1.29. The number of benzene rings is 1. The summed E-state index contributed by atoms with van der Waals surface area (Å²) in [5, 5.41) is 6.38. The van der Waals surface area contributed by atoms with Gasteiger partial charge in [0.1, 0.15) is 11.6 Å². The summed E-state index contributed by atoms with van der Waals surface area (Å²) in [4.78, 5) is 39.4. The fourth-order valence-electron chi connectivity index (χ4n) is 3.99. The normalized spacial score (nSPS) is 17.3. The van der Waals surface area contributed by atoms with Crippen molar-refractivity contribution in [1.29, 1.82) is 0 Å². The van der Waals surface area contributed by atoms with E-state index in [-0.39, 0.29) is 17.1 Å². The molecule has 2 N–H and O–H groups in total. The SMILES string of the molecule is COC(=O)C1=C(C)NC(C)=C(C(=O)N[C@@H](CC(C)C)C(=O)OC(C)(C)C)C1c1ccccc1Cl. The van der Waals surface area contributed by atoms with E-state index in [4.69, 9.17) is 21.1 Å². The fourth-order valence-corrected chi connectivity index (χ4v) is 4.23.